The molecule has 20 heavy (non-hydrogen) atoms. The van der Waals surface area contributed by atoms with Gasteiger partial charge in [-0.25, -0.2) is 4.39 Å². The molecule has 2 N–H and O–H groups in total. The van der Waals surface area contributed by atoms with E-state index in [-0.39, 0.29) is 11.9 Å². The van der Waals surface area contributed by atoms with Gasteiger partial charge in [-0.2, -0.15) is 5.26 Å². The maximum Gasteiger partial charge on any atom is 0.123 e. The van der Waals surface area contributed by atoms with Gasteiger partial charge in [0.15, 0.2) is 0 Å². The highest BCUT2D eigenvalue weighted by Gasteiger charge is 2.13. The van der Waals surface area contributed by atoms with E-state index in [1.807, 2.05) is 31.0 Å². The Kier molecular flexibility index (Phi) is 4.02. The molecular formula is C16H16FN3. The number of nitrogens with zero attached hydrogens (tertiary/aromatic N) is 2. The Morgan fingerprint density at radius 2 is 1.85 bits per heavy atom. The highest BCUT2D eigenvalue weighted by Crippen LogP contribution is 2.30. The van der Waals surface area contributed by atoms with Crippen LogP contribution in [0.25, 0.3) is 0 Å². The smallest absolute Gasteiger partial charge is 0.123 e. The van der Waals surface area contributed by atoms with Crippen molar-refractivity contribution < 1.29 is 4.39 Å². The van der Waals surface area contributed by atoms with Gasteiger partial charge in [0.25, 0.3) is 0 Å². The van der Waals surface area contributed by atoms with Crippen LogP contribution < -0.4 is 10.6 Å². The summed E-state index contributed by atoms with van der Waals surface area (Å²) < 4.78 is 13.4. The van der Waals surface area contributed by atoms with E-state index in [0.29, 0.717) is 5.56 Å². The van der Waals surface area contributed by atoms with Crippen LogP contribution in [-0.2, 0) is 0 Å². The van der Waals surface area contributed by atoms with Gasteiger partial charge in [0.05, 0.1) is 11.6 Å². The summed E-state index contributed by atoms with van der Waals surface area (Å²) >= 11 is 0. The molecule has 0 aromatic heterocycles. The third kappa shape index (κ3) is 2.79. The average molecular weight is 269 g/mol. The van der Waals surface area contributed by atoms with Gasteiger partial charge in [-0.3, -0.25) is 0 Å². The number of nitriles is 1. The Labute approximate surface area is 118 Å². The summed E-state index contributed by atoms with van der Waals surface area (Å²) in [6.45, 7) is 1.82. The summed E-state index contributed by atoms with van der Waals surface area (Å²) in [7, 11) is 1.89. The molecule has 0 bridgehead atoms. The van der Waals surface area contributed by atoms with Crippen LogP contribution in [0.3, 0.4) is 0 Å². The van der Waals surface area contributed by atoms with Gasteiger partial charge >= 0.3 is 0 Å². The number of rotatable bonds is 3. The minimum Gasteiger partial charge on any atom is -0.344 e. The third-order valence-corrected chi connectivity index (χ3v) is 3.23. The van der Waals surface area contributed by atoms with Crippen molar-refractivity contribution in [2.45, 2.75) is 13.0 Å². The predicted molar refractivity (Wildman–Crippen MR) is 78.2 cm³/mol. The van der Waals surface area contributed by atoms with Crippen molar-refractivity contribution in [1.82, 2.24) is 0 Å². The minimum absolute atomic E-state index is 0.262. The van der Waals surface area contributed by atoms with Gasteiger partial charge in [-0.05, 0) is 55.0 Å². The van der Waals surface area contributed by atoms with E-state index in [9.17, 15) is 4.39 Å². The van der Waals surface area contributed by atoms with E-state index in [0.717, 1.165) is 16.9 Å². The molecule has 0 aliphatic carbocycles. The molecule has 102 valence electrons. The molecule has 2 aromatic carbocycles. The van der Waals surface area contributed by atoms with Gasteiger partial charge in [-0.1, -0.05) is 0 Å². The summed E-state index contributed by atoms with van der Waals surface area (Å²) in [5.41, 5.74) is 9.03. The first kappa shape index (κ1) is 14.0. The first-order chi connectivity index (χ1) is 9.52. The lowest BCUT2D eigenvalue weighted by Crippen LogP contribution is -2.16. The summed E-state index contributed by atoms with van der Waals surface area (Å²) in [6, 6.07) is 13.6. The minimum atomic E-state index is -0.297. The number of benzene rings is 2. The SMILES string of the molecule is C[C@@H](N)c1cc(F)ccc1N(C)c1ccc(C#N)cc1. The van der Waals surface area contributed by atoms with Crippen LogP contribution >= 0.6 is 0 Å². The normalized spacial score (nSPS) is 11.8. The third-order valence-electron chi connectivity index (χ3n) is 3.23. The van der Waals surface area contributed by atoms with Crippen LogP contribution in [-0.4, -0.2) is 7.05 Å². The monoisotopic (exact) mass is 269 g/mol. The molecule has 0 aliphatic heterocycles. The molecule has 1 atom stereocenters. The van der Waals surface area contributed by atoms with Gasteiger partial charge in [-0.15, -0.1) is 0 Å². The maximum atomic E-state index is 13.4. The van der Waals surface area contributed by atoms with Crippen molar-refractivity contribution in [3.63, 3.8) is 0 Å². The van der Waals surface area contributed by atoms with E-state index < -0.39 is 0 Å². The zero-order valence-electron chi connectivity index (χ0n) is 11.5. The maximum absolute atomic E-state index is 13.4. The molecule has 0 saturated carbocycles. The molecular weight excluding hydrogens is 253 g/mol. The lowest BCUT2D eigenvalue weighted by atomic mass is 10.1. The van der Waals surface area contributed by atoms with Crippen LogP contribution in [0.5, 0.6) is 0 Å². The van der Waals surface area contributed by atoms with Crippen LogP contribution in [0.1, 0.15) is 24.1 Å². The second-order valence-electron chi connectivity index (χ2n) is 4.71. The quantitative estimate of drug-likeness (QED) is 0.928. The number of nitrogens with two attached hydrogens (primary N) is 1. The fourth-order valence-electron chi connectivity index (χ4n) is 2.09. The van der Waals surface area contributed by atoms with E-state index in [4.69, 9.17) is 11.0 Å². The zero-order valence-corrected chi connectivity index (χ0v) is 11.5. The Morgan fingerprint density at radius 1 is 1.20 bits per heavy atom. The van der Waals surface area contributed by atoms with Gasteiger partial charge in [0.1, 0.15) is 5.82 Å². The first-order valence-electron chi connectivity index (χ1n) is 6.32. The van der Waals surface area contributed by atoms with Crippen LogP contribution in [0.4, 0.5) is 15.8 Å². The molecule has 3 nitrogen and oxygen atoms in total. The zero-order chi connectivity index (χ0) is 14.7. The Morgan fingerprint density at radius 3 is 2.40 bits per heavy atom. The molecule has 0 saturated heterocycles. The van der Waals surface area contributed by atoms with Gasteiger partial charge in [0.2, 0.25) is 0 Å². The fourth-order valence-corrected chi connectivity index (χ4v) is 2.09. The molecule has 2 aromatic rings. The molecule has 4 heteroatoms. The number of anilines is 2. The van der Waals surface area contributed by atoms with E-state index in [2.05, 4.69) is 6.07 Å². The fraction of sp³-hybridized carbons (Fsp3) is 0.188. The van der Waals surface area contributed by atoms with Crippen molar-refractivity contribution in [2.75, 3.05) is 11.9 Å². The predicted octanol–water partition coefficient (Wildman–Crippen LogP) is 3.48. The van der Waals surface area contributed by atoms with Crippen molar-refractivity contribution >= 4 is 11.4 Å². The molecule has 0 heterocycles. The van der Waals surface area contributed by atoms with Crippen LogP contribution in [0, 0.1) is 17.1 Å². The summed E-state index contributed by atoms with van der Waals surface area (Å²) in [5.74, 6) is -0.297. The van der Waals surface area contributed by atoms with Crippen LogP contribution in [0.2, 0.25) is 0 Å². The standard InChI is InChI=1S/C16H16FN3/c1-11(19)15-9-13(17)5-8-16(15)20(2)14-6-3-12(10-18)4-7-14/h3-9,11H,19H2,1-2H3/t11-/m1/s1. The molecule has 0 radical (unpaired) electrons. The van der Waals surface area contributed by atoms with E-state index >= 15 is 0 Å². The second-order valence-corrected chi connectivity index (χ2v) is 4.71. The number of hydrogen-bond donors (Lipinski definition) is 1. The molecule has 0 amide bonds. The average Bonchev–Trinajstić information content (AvgIpc) is 2.46. The lowest BCUT2D eigenvalue weighted by Gasteiger charge is -2.24. The largest absolute Gasteiger partial charge is 0.344 e. The Balaban J connectivity index is 2.42. The summed E-state index contributed by atoms with van der Waals surface area (Å²) in [6.07, 6.45) is 0. The second kappa shape index (κ2) is 5.72. The van der Waals surface area contributed by atoms with Crippen molar-refractivity contribution in [2.24, 2.45) is 5.73 Å². The lowest BCUT2D eigenvalue weighted by molar-refractivity contribution is 0.622. The van der Waals surface area contributed by atoms with Gasteiger partial charge < -0.3 is 10.6 Å². The highest BCUT2D eigenvalue weighted by atomic mass is 19.1. The molecule has 2 rings (SSSR count). The highest BCUT2D eigenvalue weighted by molar-refractivity contribution is 5.66. The Hall–Kier alpha value is -2.38. The molecule has 0 aliphatic rings. The first-order valence-corrected chi connectivity index (χ1v) is 6.32. The molecule has 0 fully saturated rings. The Bertz CT molecular complexity index is 642. The summed E-state index contributed by atoms with van der Waals surface area (Å²) in [5, 5.41) is 8.81. The van der Waals surface area contributed by atoms with Crippen LogP contribution in [0.15, 0.2) is 42.5 Å². The topological polar surface area (TPSA) is 53.0 Å². The van der Waals surface area contributed by atoms with Crippen molar-refractivity contribution in [3.8, 4) is 6.07 Å². The van der Waals surface area contributed by atoms with E-state index in [1.54, 1.807) is 18.2 Å². The molecule has 0 unspecified atom stereocenters. The van der Waals surface area contributed by atoms with Gasteiger partial charge in [0, 0.05) is 24.5 Å². The number of hydrogen-bond acceptors (Lipinski definition) is 3. The van der Waals surface area contributed by atoms with Crippen molar-refractivity contribution in [3.05, 3.63) is 59.4 Å². The number of halogens is 1. The summed E-state index contributed by atoms with van der Waals surface area (Å²) in [4.78, 5) is 1.93. The van der Waals surface area contributed by atoms with E-state index in [1.165, 1.54) is 12.1 Å². The van der Waals surface area contributed by atoms with Crippen molar-refractivity contribution in [1.29, 1.82) is 5.26 Å². The molecule has 0 spiro atoms.